The molecule has 2 aromatic rings. The second-order valence-corrected chi connectivity index (χ2v) is 4.70. The van der Waals surface area contributed by atoms with Crippen LogP contribution in [0, 0.1) is 15.9 Å². The highest BCUT2D eigenvalue weighted by Crippen LogP contribution is 2.25. The van der Waals surface area contributed by atoms with Crippen molar-refractivity contribution in [3.63, 3.8) is 0 Å². The summed E-state index contributed by atoms with van der Waals surface area (Å²) >= 11 is 5.93. The van der Waals surface area contributed by atoms with Crippen LogP contribution in [-0.4, -0.2) is 4.92 Å². The van der Waals surface area contributed by atoms with E-state index in [1.807, 2.05) is 0 Å². The van der Waals surface area contributed by atoms with Gasteiger partial charge in [-0.3, -0.25) is 10.1 Å². The van der Waals surface area contributed by atoms with E-state index < -0.39 is 10.7 Å². The van der Waals surface area contributed by atoms with Gasteiger partial charge in [0.05, 0.1) is 9.95 Å². The normalized spacial score (nSPS) is 10.4. The lowest BCUT2D eigenvalue weighted by molar-refractivity contribution is -0.384. The molecule has 5 nitrogen and oxygen atoms in total. The van der Waals surface area contributed by atoms with Crippen LogP contribution in [-0.2, 0) is 13.2 Å². The maximum Gasteiger partial charge on any atom is 0.270 e. The molecule has 0 aliphatic heterocycles. The lowest BCUT2D eigenvalue weighted by Crippen LogP contribution is -2.01. The molecule has 0 spiro atoms. The van der Waals surface area contributed by atoms with Gasteiger partial charge < -0.3 is 10.5 Å². The molecule has 0 amide bonds. The van der Waals surface area contributed by atoms with Crippen molar-refractivity contribution in [2.45, 2.75) is 13.2 Å². The summed E-state index contributed by atoms with van der Waals surface area (Å²) in [5.41, 5.74) is 6.50. The molecule has 0 aliphatic carbocycles. The number of nitro groups is 1. The Balaban J connectivity index is 2.11. The molecule has 0 aliphatic rings. The first-order chi connectivity index (χ1) is 10.0. The van der Waals surface area contributed by atoms with Gasteiger partial charge in [-0.1, -0.05) is 17.7 Å². The quantitative estimate of drug-likeness (QED) is 0.678. The number of benzene rings is 2. The molecule has 7 heteroatoms. The predicted octanol–water partition coefficient (Wildman–Crippen LogP) is 3.43. The first-order valence-electron chi connectivity index (χ1n) is 6.05. The van der Waals surface area contributed by atoms with Crippen molar-refractivity contribution in [1.29, 1.82) is 0 Å². The first-order valence-corrected chi connectivity index (χ1v) is 6.43. The second kappa shape index (κ2) is 6.51. The van der Waals surface area contributed by atoms with Crippen LogP contribution in [0.25, 0.3) is 0 Å². The SMILES string of the molecule is NCc1ccc(OCc2ccc([N+](=O)[O-])cc2Cl)c(F)c1. The van der Waals surface area contributed by atoms with Crippen molar-refractivity contribution in [2.75, 3.05) is 0 Å². The van der Waals surface area contributed by atoms with Crippen LogP contribution in [0.1, 0.15) is 11.1 Å². The fourth-order valence-electron chi connectivity index (χ4n) is 1.71. The van der Waals surface area contributed by atoms with Crippen LogP contribution < -0.4 is 10.5 Å². The number of nitro benzene ring substituents is 1. The Morgan fingerprint density at radius 2 is 2.05 bits per heavy atom. The molecular weight excluding hydrogens is 299 g/mol. The van der Waals surface area contributed by atoms with Crippen LogP contribution in [0.3, 0.4) is 0 Å². The van der Waals surface area contributed by atoms with E-state index in [0.29, 0.717) is 11.1 Å². The molecule has 21 heavy (non-hydrogen) atoms. The zero-order valence-corrected chi connectivity index (χ0v) is 11.6. The maximum absolute atomic E-state index is 13.7. The number of nitrogens with two attached hydrogens (primary N) is 1. The van der Waals surface area contributed by atoms with Crippen LogP contribution in [0.2, 0.25) is 5.02 Å². The van der Waals surface area contributed by atoms with E-state index >= 15 is 0 Å². The molecule has 0 saturated carbocycles. The number of ether oxygens (including phenoxy) is 1. The minimum Gasteiger partial charge on any atom is -0.486 e. The standard InChI is InChI=1S/C14H12ClFN2O3/c15-12-6-11(18(19)20)3-2-10(12)8-21-14-4-1-9(7-17)5-13(14)16/h1-6H,7-8,17H2. The summed E-state index contributed by atoms with van der Waals surface area (Å²) < 4.78 is 19.0. The lowest BCUT2D eigenvalue weighted by atomic mass is 10.2. The number of halogens is 2. The zero-order chi connectivity index (χ0) is 15.4. The lowest BCUT2D eigenvalue weighted by Gasteiger charge is -2.09. The minimum absolute atomic E-state index is 0.00964. The van der Waals surface area contributed by atoms with Crippen molar-refractivity contribution in [2.24, 2.45) is 5.73 Å². The largest absolute Gasteiger partial charge is 0.486 e. The molecule has 0 heterocycles. The first kappa shape index (κ1) is 15.2. The third kappa shape index (κ3) is 3.68. The van der Waals surface area contributed by atoms with Crippen LogP contribution >= 0.6 is 11.6 Å². The fourth-order valence-corrected chi connectivity index (χ4v) is 1.94. The number of hydrogen-bond donors (Lipinski definition) is 1. The topological polar surface area (TPSA) is 78.4 Å². The summed E-state index contributed by atoms with van der Waals surface area (Å²) in [6.07, 6.45) is 0. The summed E-state index contributed by atoms with van der Waals surface area (Å²) in [4.78, 5) is 10.1. The zero-order valence-electron chi connectivity index (χ0n) is 10.9. The molecule has 2 aromatic carbocycles. The third-order valence-corrected chi connectivity index (χ3v) is 3.21. The van der Waals surface area contributed by atoms with Crippen molar-refractivity contribution < 1.29 is 14.1 Å². The summed E-state index contributed by atoms with van der Waals surface area (Å²) in [5, 5.41) is 10.8. The molecule has 0 radical (unpaired) electrons. The highest BCUT2D eigenvalue weighted by molar-refractivity contribution is 6.31. The third-order valence-electron chi connectivity index (χ3n) is 2.86. The van der Waals surface area contributed by atoms with Gasteiger partial charge in [-0.15, -0.1) is 0 Å². The molecule has 0 bridgehead atoms. The fraction of sp³-hybridized carbons (Fsp3) is 0.143. The number of rotatable bonds is 5. The summed E-state index contributed by atoms with van der Waals surface area (Å²) in [6, 6.07) is 8.47. The summed E-state index contributed by atoms with van der Waals surface area (Å²) in [6.45, 7) is 0.251. The minimum atomic E-state index is -0.540. The summed E-state index contributed by atoms with van der Waals surface area (Å²) in [7, 11) is 0. The van der Waals surface area contributed by atoms with E-state index in [4.69, 9.17) is 22.1 Å². The van der Waals surface area contributed by atoms with E-state index in [0.717, 1.165) is 0 Å². The van der Waals surface area contributed by atoms with E-state index in [2.05, 4.69) is 0 Å². The van der Waals surface area contributed by atoms with Gasteiger partial charge in [0, 0.05) is 24.2 Å². The van der Waals surface area contributed by atoms with E-state index in [9.17, 15) is 14.5 Å². The highest BCUT2D eigenvalue weighted by Gasteiger charge is 2.11. The van der Waals surface area contributed by atoms with Gasteiger partial charge >= 0.3 is 0 Å². The monoisotopic (exact) mass is 310 g/mol. The smallest absolute Gasteiger partial charge is 0.270 e. The number of nitrogens with zero attached hydrogens (tertiary/aromatic N) is 1. The summed E-state index contributed by atoms with van der Waals surface area (Å²) in [5.74, 6) is -0.447. The average molecular weight is 311 g/mol. The van der Waals surface area contributed by atoms with Crippen LogP contribution in [0.5, 0.6) is 5.75 Å². The molecule has 2 N–H and O–H groups in total. The Labute approximate surface area is 125 Å². The van der Waals surface area contributed by atoms with Gasteiger partial charge in [0.2, 0.25) is 0 Å². The van der Waals surface area contributed by atoms with E-state index in [1.54, 1.807) is 6.07 Å². The molecule has 0 saturated heterocycles. The van der Waals surface area contributed by atoms with Crippen molar-refractivity contribution >= 4 is 17.3 Å². The number of hydrogen-bond acceptors (Lipinski definition) is 4. The Hall–Kier alpha value is -2.18. The Kier molecular flexibility index (Phi) is 4.72. The highest BCUT2D eigenvalue weighted by atomic mass is 35.5. The Morgan fingerprint density at radius 1 is 1.29 bits per heavy atom. The maximum atomic E-state index is 13.7. The van der Waals surface area contributed by atoms with E-state index in [1.165, 1.54) is 30.3 Å². The van der Waals surface area contributed by atoms with Gasteiger partial charge in [0.25, 0.3) is 5.69 Å². The average Bonchev–Trinajstić information content (AvgIpc) is 2.46. The van der Waals surface area contributed by atoms with Crippen molar-refractivity contribution in [1.82, 2.24) is 0 Å². The van der Waals surface area contributed by atoms with Gasteiger partial charge in [-0.25, -0.2) is 4.39 Å². The molecule has 0 atom stereocenters. The van der Waals surface area contributed by atoms with Gasteiger partial charge in [0.15, 0.2) is 11.6 Å². The Bertz CT molecular complexity index is 679. The Morgan fingerprint density at radius 3 is 2.62 bits per heavy atom. The van der Waals surface area contributed by atoms with Crippen molar-refractivity contribution in [3.05, 3.63) is 68.5 Å². The van der Waals surface area contributed by atoms with Gasteiger partial charge in [0.1, 0.15) is 6.61 Å². The molecule has 2 rings (SSSR count). The molecular formula is C14H12ClFN2O3. The molecule has 0 aromatic heterocycles. The predicted molar refractivity (Wildman–Crippen MR) is 76.7 cm³/mol. The van der Waals surface area contributed by atoms with Gasteiger partial charge in [-0.2, -0.15) is 0 Å². The van der Waals surface area contributed by atoms with Crippen molar-refractivity contribution in [3.8, 4) is 5.75 Å². The van der Waals surface area contributed by atoms with Crippen LogP contribution in [0.4, 0.5) is 10.1 Å². The molecule has 110 valence electrons. The second-order valence-electron chi connectivity index (χ2n) is 4.29. The molecule has 0 unspecified atom stereocenters. The van der Waals surface area contributed by atoms with Crippen LogP contribution in [0.15, 0.2) is 36.4 Å². The molecule has 0 fully saturated rings. The van der Waals surface area contributed by atoms with Gasteiger partial charge in [-0.05, 0) is 23.8 Å². The number of non-ortho nitro benzene ring substituents is 1. The van der Waals surface area contributed by atoms with E-state index in [-0.39, 0.29) is 29.6 Å².